The van der Waals surface area contributed by atoms with E-state index >= 15 is 0 Å². The monoisotopic (exact) mass is 1070 g/mol. The average molecular weight is 1070 g/mol. The van der Waals surface area contributed by atoms with Gasteiger partial charge in [-0.2, -0.15) is 0 Å². The van der Waals surface area contributed by atoms with Crippen LogP contribution in [0.2, 0.25) is 0 Å². The third-order valence-corrected chi connectivity index (χ3v) is 17.7. The number of hydrogen-bond donors (Lipinski definition) is 0. The van der Waals surface area contributed by atoms with Gasteiger partial charge in [0.05, 0.1) is 16.7 Å². The molecule has 0 amide bonds. The third kappa shape index (κ3) is 8.74. The Bertz CT molecular complexity index is 4290. The van der Waals surface area contributed by atoms with Gasteiger partial charge in [0.25, 0.3) is 6.71 Å². The molecular weight excluding hydrogens is 992 g/mol. The van der Waals surface area contributed by atoms with Crippen LogP contribution in [-0.2, 0) is 16.2 Å². The van der Waals surface area contributed by atoms with Crippen LogP contribution in [0.5, 0.6) is 0 Å². The van der Waals surface area contributed by atoms with Crippen LogP contribution in [0.1, 0.15) is 107 Å². The van der Waals surface area contributed by atoms with Crippen molar-refractivity contribution in [3.63, 3.8) is 0 Å². The Hall–Kier alpha value is -8.54. The van der Waals surface area contributed by atoms with Crippen molar-refractivity contribution in [1.29, 1.82) is 0 Å². The second kappa shape index (κ2) is 19.3. The van der Waals surface area contributed by atoms with Gasteiger partial charge in [0, 0.05) is 62.0 Å². The van der Waals surface area contributed by atoms with Gasteiger partial charge >= 0.3 is 0 Å². The summed E-state index contributed by atoms with van der Waals surface area (Å²) in [6, 6.07) is 76.5. The molecule has 13 rings (SSSR count). The fourth-order valence-electron chi connectivity index (χ4n) is 13.6. The van der Waals surface area contributed by atoms with Crippen molar-refractivity contribution < 1.29 is 0 Å². The van der Waals surface area contributed by atoms with Crippen LogP contribution in [0.15, 0.2) is 200 Å². The van der Waals surface area contributed by atoms with E-state index < -0.39 is 0 Å². The molecule has 11 aromatic rings. The van der Waals surface area contributed by atoms with Crippen LogP contribution in [0.4, 0.5) is 51.2 Å². The molecule has 10 aromatic carbocycles. The van der Waals surface area contributed by atoms with Crippen molar-refractivity contribution in [2.24, 2.45) is 0 Å². The molecule has 0 unspecified atom stereocenters. The van der Waals surface area contributed by atoms with Crippen LogP contribution in [0.3, 0.4) is 0 Å². The highest BCUT2D eigenvalue weighted by Crippen LogP contribution is 2.50. The number of benzene rings is 10. The lowest BCUT2D eigenvalue weighted by Crippen LogP contribution is -2.61. The lowest BCUT2D eigenvalue weighted by atomic mass is 9.33. The highest BCUT2D eigenvalue weighted by molar-refractivity contribution is 7.00. The zero-order chi connectivity index (χ0) is 57.3. The van der Waals surface area contributed by atoms with Gasteiger partial charge in [-0.1, -0.05) is 178 Å². The molecular formula is C77H75BN4. The predicted octanol–water partition coefficient (Wildman–Crippen LogP) is 19.4. The molecule has 0 fully saturated rings. The SMILES string of the molecule is Cc1cc2c3c(c1)N(c1cc(C)c(-c4ccccc4)c(C)c1)c1cc(N(c4ccc5c6ccccc6n(-c6ccccc6)c5c4)c4c(C)cc(C(C)(C)C)cc4C)ccc1B3c1cc(C(C)(C)C)ccc1N2c1ccc(C(C)(C)C)cc1. The van der Waals surface area contributed by atoms with Crippen molar-refractivity contribution in [1.82, 2.24) is 4.57 Å². The number of fused-ring (bicyclic) bond motifs is 7. The first-order chi connectivity index (χ1) is 39.1. The van der Waals surface area contributed by atoms with Gasteiger partial charge in [0.1, 0.15) is 0 Å². The van der Waals surface area contributed by atoms with Crippen LogP contribution in [0, 0.1) is 34.6 Å². The summed E-state index contributed by atoms with van der Waals surface area (Å²) in [5.74, 6) is 0. The zero-order valence-corrected chi connectivity index (χ0v) is 50.4. The van der Waals surface area contributed by atoms with Crippen molar-refractivity contribution in [2.45, 2.75) is 113 Å². The Morgan fingerprint density at radius 1 is 0.366 bits per heavy atom. The predicted molar refractivity (Wildman–Crippen MR) is 355 cm³/mol. The molecule has 0 aliphatic carbocycles. The average Bonchev–Trinajstić information content (AvgIpc) is 0.929. The van der Waals surface area contributed by atoms with Gasteiger partial charge < -0.3 is 19.3 Å². The van der Waals surface area contributed by atoms with Crippen LogP contribution in [0.25, 0.3) is 38.6 Å². The summed E-state index contributed by atoms with van der Waals surface area (Å²) in [5.41, 5.74) is 30.6. The van der Waals surface area contributed by atoms with E-state index in [-0.39, 0.29) is 23.0 Å². The molecule has 0 radical (unpaired) electrons. The smallest absolute Gasteiger partial charge is 0.252 e. The number of para-hydroxylation sites is 2. The van der Waals surface area contributed by atoms with E-state index in [1.165, 1.54) is 122 Å². The summed E-state index contributed by atoms with van der Waals surface area (Å²) >= 11 is 0. The van der Waals surface area contributed by atoms with Crippen molar-refractivity contribution >= 4 is 96.1 Å². The summed E-state index contributed by atoms with van der Waals surface area (Å²) in [6.07, 6.45) is 0. The van der Waals surface area contributed by atoms with Crippen LogP contribution in [-0.4, -0.2) is 11.3 Å². The summed E-state index contributed by atoms with van der Waals surface area (Å²) in [4.78, 5) is 7.73. The molecule has 0 atom stereocenters. The molecule has 3 heterocycles. The van der Waals surface area contributed by atoms with Crippen molar-refractivity contribution in [2.75, 3.05) is 14.7 Å². The molecule has 0 saturated heterocycles. The minimum Gasteiger partial charge on any atom is -0.311 e. The maximum absolute atomic E-state index is 2.62. The quantitative estimate of drug-likeness (QED) is 0.148. The Kier molecular flexibility index (Phi) is 12.4. The van der Waals surface area contributed by atoms with Gasteiger partial charge in [-0.05, 0) is 208 Å². The normalized spacial score (nSPS) is 13.2. The molecule has 0 spiro atoms. The van der Waals surface area contributed by atoms with Gasteiger partial charge in [-0.3, -0.25) is 0 Å². The van der Waals surface area contributed by atoms with Crippen LogP contribution >= 0.6 is 0 Å². The van der Waals surface area contributed by atoms with Gasteiger partial charge in [-0.15, -0.1) is 0 Å². The van der Waals surface area contributed by atoms with Gasteiger partial charge in [0.2, 0.25) is 0 Å². The lowest BCUT2D eigenvalue weighted by Gasteiger charge is -2.45. The minimum absolute atomic E-state index is 0.0218. The highest BCUT2D eigenvalue weighted by Gasteiger charge is 2.44. The molecule has 2 aliphatic rings. The van der Waals surface area contributed by atoms with E-state index in [9.17, 15) is 0 Å². The Labute approximate surface area is 487 Å². The van der Waals surface area contributed by atoms with Gasteiger partial charge in [0.15, 0.2) is 0 Å². The first kappa shape index (κ1) is 52.8. The first-order valence-corrected chi connectivity index (χ1v) is 29.4. The molecule has 4 nitrogen and oxygen atoms in total. The minimum atomic E-state index is -0.0698. The molecule has 5 heteroatoms. The van der Waals surface area contributed by atoms with E-state index in [0.717, 1.165) is 28.4 Å². The molecule has 2 aliphatic heterocycles. The maximum Gasteiger partial charge on any atom is 0.252 e. The number of aromatic nitrogens is 1. The first-order valence-electron chi connectivity index (χ1n) is 29.4. The van der Waals surface area contributed by atoms with Gasteiger partial charge in [-0.25, -0.2) is 0 Å². The maximum atomic E-state index is 2.62. The number of anilines is 9. The largest absolute Gasteiger partial charge is 0.311 e. The van der Waals surface area contributed by atoms with Crippen molar-refractivity contribution in [3.05, 3.63) is 245 Å². The molecule has 406 valence electrons. The lowest BCUT2D eigenvalue weighted by molar-refractivity contribution is 0.589. The van der Waals surface area contributed by atoms with Crippen molar-refractivity contribution in [3.8, 4) is 16.8 Å². The van der Waals surface area contributed by atoms with E-state index in [0.29, 0.717) is 0 Å². The number of aryl methyl sites for hydroxylation is 5. The Morgan fingerprint density at radius 3 is 1.55 bits per heavy atom. The second-order valence-corrected chi connectivity index (χ2v) is 26.6. The zero-order valence-electron chi connectivity index (χ0n) is 50.4. The number of hydrogen-bond acceptors (Lipinski definition) is 3. The summed E-state index contributed by atoms with van der Waals surface area (Å²) < 4.78 is 2.44. The summed E-state index contributed by atoms with van der Waals surface area (Å²) in [5, 5.41) is 2.47. The fraction of sp³-hybridized carbons (Fsp3) is 0.221. The van der Waals surface area contributed by atoms with E-state index in [1.807, 2.05) is 0 Å². The second-order valence-electron chi connectivity index (χ2n) is 26.6. The topological polar surface area (TPSA) is 14.7 Å². The number of rotatable bonds is 7. The summed E-state index contributed by atoms with van der Waals surface area (Å²) in [7, 11) is 0. The Morgan fingerprint density at radius 2 is 0.915 bits per heavy atom. The molecule has 0 N–H and O–H groups in total. The Balaban J connectivity index is 1.11. The molecule has 0 saturated carbocycles. The fourth-order valence-corrected chi connectivity index (χ4v) is 13.6. The van der Waals surface area contributed by atoms with Crippen LogP contribution < -0.4 is 31.1 Å². The van der Waals surface area contributed by atoms with E-state index in [1.54, 1.807) is 0 Å². The van der Waals surface area contributed by atoms with E-state index in [2.05, 4.69) is 316 Å². The van der Waals surface area contributed by atoms with E-state index in [4.69, 9.17) is 0 Å². The summed E-state index contributed by atoms with van der Waals surface area (Å²) in [6.45, 7) is 32.3. The molecule has 82 heavy (non-hydrogen) atoms. The standard InChI is InChI=1S/C77H75BN4/c1-48-39-70-73-71(40-48)82(61-43-49(2)72(50(3)44-61)53-23-17-15-18-24-53)69-47-60(35-37-64(69)78(73)65-45-55(76(9,10)11)31-38-67(65)81(70)58-32-29-54(30-33-58)75(6,7)8)79(74-51(4)41-56(42-52(74)5)77(12,13)14)59-34-36-63-62-27-21-22-28-66(62)80(68(63)46-59)57-25-19-16-20-26-57/h15-47H,1-14H3. The molecule has 0 bridgehead atoms. The molecule has 1 aromatic heterocycles. The number of nitrogens with zero attached hydrogens (tertiary/aromatic N) is 4. The highest BCUT2D eigenvalue weighted by atomic mass is 15.2. The third-order valence-electron chi connectivity index (χ3n) is 17.7.